The van der Waals surface area contributed by atoms with Crippen molar-refractivity contribution in [2.75, 3.05) is 13.2 Å². The first kappa shape index (κ1) is 19.4. The molecule has 1 rings (SSSR count). The van der Waals surface area contributed by atoms with Crippen molar-refractivity contribution in [1.29, 1.82) is 0 Å². The van der Waals surface area contributed by atoms with E-state index in [1.165, 1.54) is 0 Å². The van der Waals surface area contributed by atoms with Gasteiger partial charge in [-0.15, -0.1) is 0 Å². The SMILES string of the molecule is CC(C)(C)[Si](C)(C)O[C@@H]1CCN[C@]1(C)COC(=O)C(F)(F)F. The van der Waals surface area contributed by atoms with Gasteiger partial charge in [0.25, 0.3) is 0 Å². The summed E-state index contributed by atoms with van der Waals surface area (Å²) >= 11 is 0. The zero-order chi connectivity index (χ0) is 17.4. The highest BCUT2D eigenvalue weighted by Gasteiger charge is 2.48. The summed E-state index contributed by atoms with van der Waals surface area (Å²) in [7, 11) is -2.05. The van der Waals surface area contributed by atoms with Crippen LogP contribution < -0.4 is 5.32 Å². The smallest absolute Gasteiger partial charge is 0.457 e. The topological polar surface area (TPSA) is 47.6 Å². The van der Waals surface area contributed by atoms with E-state index in [0.717, 1.165) is 0 Å². The molecule has 22 heavy (non-hydrogen) atoms. The highest BCUT2D eigenvalue weighted by Crippen LogP contribution is 2.40. The van der Waals surface area contributed by atoms with Gasteiger partial charge >= 0.3 is 12.1 Å². The summed E-state index contributed by atoms with van der Waals surface area (Å²) in [6, 6.07) is 0. The third kappa shape index (κ3) is 4.45. The summed E-state index contributed by atoms with van der Waals surface area (Å²) in [4.78, 5) is 10.9. The van der Waals surface area contributed by atoms with Gasteiger partial charge in [-0.05, 0) is 38.0 Å². The standard InChI is InChI=1S/C14H26F3NO3Si/c1-12(2,3)22(5,6)21-10-7-8-18-13(10,4)9-20-11(19)14(15,16)17/h10,18H,7-9H2,1-6H3/t10-,13-/m1/s1. The van der Waals surface area contributed by atoms with Gasteiger partial charge in [-0.3, -0.25) is 0 Å². The van der Waals surface area contributed by atoms with Crippen LogP contribution in [-0.2, 0) is 14.0 Å². The maximum atomic E-state index is 12.3. The molecule has 1 N–H and O–H groups in total. The molecular formula is C14H26F3NO3Si. The van der Waals surface area contributed by atoms with Crippen molar-refractivity contribution >= 4 is 14.3 Å². The van der Waals surface area contributed by atoms with Crippen molar-refractivity contribution in [3.8, 4) is 0 Å². The molecule has 4 nitrogen and oxygen atoms in total. The Morgan fingerprint density at radius 2 is 1.86 bits per heavy atom. The molecule has 0 saturated carbocycles. The van der Waals surface area contributed by atoms with Crippen LogP contribution in [0, 0.1) is 0 Å². The normalized spacial score (nSPS) is 27.0. The van der Waals surface area contributed by atoms with Gasteiger partial charge in [0.05, 0.1) is 11.6 Å². The van der Waals surface area contributed by atoms with Crippen LogP contribution in [0.5, 0.6) is 0 Å². The molecule has 0 aromatic carbocycles. The number of halogens is 3. The van der Waals surface area contributed by atoms with Crippen LogP contribution in [0.3, 0.4) is 0 Å². The fraction of sp³-hybridized carbons (Fsp3) is 0.929. The van der Waals surface area contributed by atoms with Crippen molar-refractivity contribution in [3.63, 3.8) is 0 Å². The zero-order valence-corrected chi connectivity index (χ0v) is 15.1. The van der Waals surface area contributed by atoms with E-state index in [0.29, 0.717) is 13.0 Å². The third-order valence-corrected chi connectivity index (χ3v) is 9.11. The first-order valence-electron chi connectivity index (χ1n) is 7.36. The second kappa shape index (κ2) is 6.12. The Balaban J connectivity index is 2.75. The molecule has 0 amide bonds. The van der Waals surface area contributed by atoms with E-state index in [1.807, 2.05) is 0 Å². The van der Waals surface area contributed by atoms with Crippen molar-refractivity contribution < 1.29 is 27.1 Å². The molecule has 2 atom stereocenters. The lowest BCUT2D eigenvalue weighted by molar-refractivity contribution is -0.202. The molecular weight excluding hydrogens is 315 g/mol. The maximum Gasteiger partial charge on any atom is 0.490 e. The molecule has 0 unspecified atom stereocenters. The second-order valence-corrected chi connectivity index (χ2v) is 12.3. The first-order chi connectivity index (χ1) is 9.69. The van der Waals surface area contributed by atoms with Crippen molar-refractivity contribution in [2.24, 2.45) is 0 Å². The maximum absolute atomic E-state index is 12.3. The fourth-order valence-electron chi connectivity index (χ4n) is 2.08. The monoisotopic (exact) mass is 341 g/mol. The highest BCUT2D eigenvalue weighted by molar-refractivity contribution is 6.74. The predicted octanol–water partition coefficient (Wildman–Crippen LogP) is 3.23. The molecule has 0 bridgehead atoms. The summed E-state index contributed by atoms with van der Waals surface area (Å²) in [5.41, 5.74) is -0.795. The Kier molecular flexibility index (Phi) is 5.41. The first-order valence-corrected chi connectivity index (χ1v) is 10.3. The average Bonchev–Trinajstić information content (AvgIpc) is 2.65. The molecule has 8 heteroatoms. The van der Waals surface area contributed by atoms with Gasteiger partial charge in [0, 0.05) is 0 Å². The van der Waals surface area contributed by atoms with E-state index < -0.39 is 26.0 Å². The lowest BCUT2D eigenvalue weighted by atomic mass is 9.98. The minimum Gasteiger partial charge on any atom is -0.457 e. The summed E-state index contributed by atoms with van der Waals surface area (Å²) in [6.45, 7) is 12.5. The molecule has 1 aliphatic rings. The van der Waals surface area contributed by atoms with Gasteiger partial charge in [-0.25, -0.2) is 4.79 Å². The highest BCUT2D eigenvalue weighted by atomic mass is 28.4. The Hall–Kier alpha value is -0.603. The van der Waals surface area contributed by atoms with Gasteiger partial charge in [0.1, 0.15) is 6.61 Å². The molecule has 0 aromatic rings. The van der Waals surface area contributed by atoms with Crippen LogP contribution in [0.25, 0.3) is 0 Å². The van der Waals surface area contributed by atoms with Crippen LogP contribution in [0.2, 0.25) is 18.1 Å². The minimum absolute atomic E-state index is 0.000847. The molecule has 1 saturated heterocycles. The number of hydrogen-bond acceptors (Lipinski definition) is 4. The predicted molar refractivity (Wildman–Crippen MR) is 80.1 cm³/mol. The van der Waals surface area contributed by atoms with Crippen LogP contribution in [-0.4, -0.2) is 45.3 Å². The average molecular weight is 341 g/mol. The number of hydrogen-bond donors (Lipinski definition) is 1. The number of esters is 1. The van der Waals surface area contributed by atoms with E-state index in [-0.39, 0.29) is 17.7 Å². The Bertz CT molecular complexity index is 421. The molecule has 1 heterocycles. The van der Waals surface area contributed by atoms with Crippen molar-refractivity contribution in [3.05, 3.63) is 0 Å². The zero-order valence-electron chi connectivity index (χ0n) is 14.1. The number of alkyl halides is 3. The minimum atomic E-state index is -4.97. The second-order valence-electron chi connectivity index (χ2n) is 7.57. The van der Waals surface area contributed by atoms with Crippen molar-refractivity contribution in [1.82, 2.24) is 5.32 Å². The lowest BCUT2D eigenvalue weighted by Crippen LogP contribution is -2.55. The number of carbonyl (C=O) groups is 1. The van der Waals surface area contributed by atoms with E-state index in [4.69, 9.17) is 4.43 Å². The summed E-state index contributed by atoms with van der Waals surface area (Å²) in [5, 5.41) is 3.12. The van der Waals surface area contributed by atoms with Gasteiger partial charge < -0.3 is 14.5 Å². The van der Waals surface area contributed by atoms with Crippen LogP contribution in [0.15, 0.2) is 0 Å². The van der Waals surface area contributed by atoms with E-state index in [2.05, 4.69) is 43.9 Å². The fourth-order valence-corrected chi connectivity index (χ4v) is 3.53. The van der Waals surface area contributed by atoms with Gasteiger partial charge in [-0.2, -0.15) is 13.2 Å². The lowest BCUT2D eigenvalue weighted by Gasteiger charge is -2.42. The Morgan fingerprint density at radius 3 is 2.32 bits per heavy atom. The van der Waals surface area contributed by atoms with Gasteiger partial charge in [-0.1, -0.05) is 20.8 Å². The van der Waals surface area contributed by atoms with Gasteiger partial charge in [0.2, 0.25) is 0 Å². The van der Waals surface area contributed by atoms with Crippen LogP contribution in [0.4, 0.5) is 13.2 Å². The van der Waals surface area contributed by atoms with Crippen molar-refractivity contribution in [2.45, 2.75) is 70.1 Å². The molecule has 1 fully saturated rings. The van der Waals surface area contributed by atoms with Crippen LogP contribution >= 0.6 is 0 Å². The summed E-state index contributed by atoms with van der Waals surface area (Å²) < 4.78 is 47.5. The Morgan fingerprint density at radius 1 is 1.32 bits per heavy atom. The van der Waals surface area contributed by atoms with E-state index in [1.54, 1.807) is 6.92 Å². The largest absolute Gasteiger partial charge is 0.490 e. The molecule has 0 aromatic heterocycles. The molecule has 0 aliphatic carbocycles. The molecule has 0 radical (unpaired) electrons. The Labute approximate surface area is 130 Å². The number of ether oxygens (including phenoxy) is 1. The summed E-state index contributed by atoms with van der Waals surface area (Å²) in [5.74, 6) is -2.16. The number of rotatable bonds is 4. The van der Waals surface area contributed by atoms with Crippen LogP contribution in [0.1, 0.15) is 34.1 Å². The van der Waals surface area contributed by atoms with E-state index >= 15 is 0 Å². The quantitative estimate of drug-likeness (QED) is 0.630. The van der Waals surface area contributed by atoms with Gasteiger partial charge in [0.15, 0.2) is 8.32 Å². The summed E-state index contributed by atoms with van der Waals surface area (Å²) in [6.07, 6.45) is -4.55. The third-order valence-electron chi connectivity index (χ3n) is 4.62. The molecule has 1 aliphatic heterocycles. The molecule has 130 valence electrons. The molecule has 0 spiro atoms. The number of carbonyl (C=O) groups excluding carboxylic acids is 1. The van der Waals surface area contributed by atoms with E-state index in [9.17, 15) is 18.0 Å². The number of nitrogens with one attached hydrogen (secondary N) is 1.